The Morgan fingerprint density at radius 2 is 1.85 bits per heavy atom. The highest BCUT2D eigenvalue weighted by atomic mass is 32.2. The zero-order valence-electron chi connectivity index (χ0n) is 22.3. The molecule has 1 aromatic carbocycles. The van der Waals surface area contributed by atoms with Gasteiger partial charge in [-0.25, -0.2) is 13.2 Å². The average molecular weight is 571 g/mol. The maximum Gasteiger partial charge on any atom is 0.508 e. The van der Waals surface area contributed by atoms with Gasteiger partial charge >= 0.3 is 6.16 Å². The van der Waals surface area contributed by atoms with Gasteiger partial charge in [0.15, 0.2) is 5.96 Å². The van der Waals surface area contributed by atoms with Crippen LogP contribution in [0.3, 0.4) is 0 Å². The topological polar surface area (TPSA) is 213 Å². The van der Waals surface area contributed by atoms with E-state index < -0.39 is 65.1 Å². The first kappa shape index (κ1) is 31.8. The van der Waals surface area contributed by atoms with Gasteiger partial charge in [-0.05, 0) is 45.6 Å². The summed E-state index contributed by atoms with van der Waals surface area (Å²) in [6.07, 6.45) is -1.62. The Kier molecular flexibility index (Phi) is 11.9. The van der Waals surface area contributed by atoms with E-state index in [4.69, 9.17) is 20.6 Å². The van der Waals surface area contributed by atoms with Crippen LogP contribution < -0.4 is 21.1 Å². The largest absolute Gasteiger partial charge is 0.508 e. The Labute approximate surface area is 228 Å². The van der Waals surface area contributed by atoms with Gasteiger partial charge in [-0.1, -0.05) is 30.3 Å². The third kappa shape index (κ3) is 10.7. The van der Waals surface area contributed by atoms with Gasteiger partial charge in [-0.2, -0.15) is 4.72 Å². The summed E-state index contributed by atoms with van der Waals surface area (Å²) < 4.78 is 37.5. The lowest BCUT2D eigenvalue weighted by molar-refractivity contribution is -0.131. The molecule has 0 saturated carbocycles. The molecule has 218 valence electrons. The molecule has 1 aliphatic rings. The number of hydrogen-bond acceptors (Lipinski definition) is 9. The van der Waals surface area contributed by atoms with Crippen molar-refractivity contribution in [2.24, 2.45) is 5.73 Å². The molecule has 1 fully saturated rings. The first-order chi connectivity index (χ1) is 18.3. The number of carbonyl (C=O) groups is 3. The Hall–Kier alpha value is -3.43. The van der Waals surface area contributed by atoms with E-state index in [1.807, 2.05) is 0 Å². The monoisotopic (exact) mass is 570 g/mol. The number of likely N-dealkylation sites (tertiary alicyclic amines) is 1. The highest BCUT2D eigenvalue weighted by Gasteiger charge is 2.34. The van der Waals surface area contributed by atoms with Crippen molar-refractivity contribution < 1.29 is 37.4 Å². The van der Waals surface area contributed by atoms with Gasteiger partial charge in [0.05, 0.1) is 17.9 Å². The molecule has 1 saturated heterocycles. The molecule has 0 aliphatic carbocycles. The number of aryl methyl sites for hydroxylation is 1. The van der Waals surface area contributed by atoms with Crippen LogP contribution in [0.25, 0.3) is 0 Å². The Bertz CT molecular complexity index is 1100. The number of nitrogens with zero attached hydrogens (tertiary/aromatic N) is 1. The van der Waals surface area contributed by atoms with Gasteiger partial charge < -0.3 is 35.8 Å². The summed E-state index contributed by atoms with van der Waals surface area (Å²) in [7, 11) is -4.01. The van der Waals surface area contributed by atoms with Crippen LogP contribution in [-0.4, -0.2) is 91.7 Å². The number of amides is 2. The van der Waals surface area contributed by atoms with Crippen LogP contribution in [0.4, 0.5) is 4.79 Å². The first-order valence-corrected chi connectivity index (χ1v) is 14.2. The van der Waals surface area contributed by atoms with Crippen LogP contribution in [0.1, 0.15) is 39.2 Å². The van der Waals surface area contributed by atoms with Gasteiger partial charge in [0.2, 0.25) is 21.8 Å². The average Bonchev–Trinajstić information content (AvgIpc) is 2.86. The van der Waals surface area contributed by atoms with Crippen LogP contribution in [0, 0.1) is 5.41 Å². The van der Waals surface area contributed by atoms with Gasteiger partial charge in [-0.3, -0.25) is 15.0 Å². The molecule has 15 heteroatoms. The molecule has 7 N–H and O–H groups in total. The van der Waals surface area contributed by atoms with E-state index in [2.05, 4.69) is 15.4 Å². The smallest absolute Gasteiger partial charge is 0.432 e. The predicted molar refractivity (Wildman–Crippen MR) is 142 cm³/mol. The summed E-state index contributed by atoms with van der Waals surface area (Å²) in [4.78, 5) is 38.8. The summed E-state index contributed by atoms with van der Waals surface area (Å²) in [5.41, 5.74) is 6.25. The first-order valence-electron chi connectivity index (χ1n) is 12.6. The number of aliphatic hydroxyl groups is 1. The Balaban J connectivity index is 2.04. The summed E-state index contributed by atoms with van der Waals surface area (Å²) in [6, 6.07) is 5.46. The molecule has 1 unspecified atom stereocenters. The van der Waals surface area contributed by atoms with Gasteiger partial charge in [0, 0.05) is 6.54 Å². The van der Waals surface area contributed by atoms with E-state index in [-0.39, 0.29) is 18.1 Å². The molecule has 0 aromatic heterocycles. The fourth-order valence-electron chi connectivity index (χ4n) is 3.79. The van der Waals surface area contributed by atoms with Crippen molar-refractivity contribution in [2.45, 2.75) is 70.5 Å². The lowest BCUT2D eigenvalue weighted by Gasteiger charge is -2.38. The number of sulfonamides is 1. The predicted octanol–water partition coefficient (Wildman–Crippen LogP) is -0.624. The molecule has 1 aliphatic heterocycles. The van der Waals surface area contributed by atoms with Crippen molar-refractivity contribution in [3.63, 3.8) is 0 Å². The second-order valence-electron chi connectivity index (χ2n) is 9.43. The number of nitrogens with one attached hydrogen (secondary N) is 4. The maximum absolute atomic E-state index is 13.0. The standard InChI is InChI=1S/C24H38N6O8S/c1-15(2)38-24(34)37-14-19(29-39(35,36)13-11-17-8-5-4-6-9-17)21(32)27-16(3)20(31)28-18-10-7-12-30(22(18)33)23(25)26/h4-6,8-9,15-16,18-19,22,29,33H,7,10-14H2,1-3H3,(H3,25,26)(H,27,32)(H,28,31)/t16-,18-,19+,22?/m0/s1. The van der Waals surface area contributed by atoms with Gasteiger partial charge in [0.1, 0.15) is 24.9 Å². The Morgan fingerprint density at radius 1 is 1.18 bits per heavy atom. The van der Waals surface area contributed by atoms with Crippen molar-refractivity contribution in [3.05, 3.63) is 35.9 Å². The van der Waals surface area contributed by atoms with E-state index in [0.717, 1.165) is 5.56 Å². The lowest BCUT2D eigenvalue weighted by atomic mass is 10.0. The van der Waals surface area contributed by atoms with Crippen molar-refractivity contribution in [2.75, 3.05) is 18.9 Å². The number of benzene rings is 1. The van der Waals surface area contributed by atoms with E-state index in [1.165, 1.54) is 11.8 Å². The third-order valence-corrected chi connectivity index (χ3v) is 7.21. The van der Waals surface area contributed by atoms with Crippen LogP contribution in [0.5, 0.6) is 0 Å². The van der Waals surface area contributed by atoms with Gasteiger partial charge in [-0.15, -0.1) is 0 Å². The molecule has 0 bridgehead atoms. The quantitative estimate of drug-likeness (QED) is 0.106. The molecule has 2 rings (SSSR count). The molecule has 39 heavy (non-hydrogen) atoms. The minimum atomic E-state index is -4.01. The summed E-state index contributed by atoms with van der Waals surface area (Å²) in [5, 5.41) is 23.0. The van der Waals surface area contributed by atoms with Crippen LogP contribution in [-0.2, 0) is 35.5 Å². The Morgan fingerprint density at radius 3 is 2.46 bits per heavy atom. The molecular weight excluding hydrogens is 532 g/mol. The van der Waals surface area contributed by atoms with Gasteiger partial charge in [0.25, 0.3) is 0 Å². The highest BCUT2D eigenvalue weighted by Crippen LogP contribution is 2.15. The second kappa shape index (κ2) is 14.6. The fourth-order valence-corrected chi connectivity index (χ4v) is 5.02. The fraction of sp³-hybridized carbons (Fsp3) is 0.583. The van der Waals surface area contributed by atoms with Crippen molar-refractivity contribution in [1.29, 1.82) is 5.41 Å². The minimum Gasteiger partial charge on any atom is -0.432 e. The SMILES string of the molecule is CC(C)OC(=O)OC[C@@H](NS(=O)(=O)CCc1ccccc1)C(=O)N[C@@H](C)C(=O)N[C@H]1CCCN(C(=N)N)C1O. The van der Waals surface area contributed by atoms with Crippen LogP contribution in [0.2, 0.25) is 0 Å². The normalized spacial score (nSPS) is 19.1. The summed E-state index contributed by atoms with van der Waals surface area (Å²) >= 11 is 0. The number of guanidine groups is 1. The molecule has 4 atom stereocenters. The second-order valence-corrected chi connectivity index (χ2v) is 11.3. The number of aliphatic hydroxyl groups excluding tert-OH is 1. The summed E-state index contributed by atoms with van der Waals surface area (Å²) in [5.74, 6) is -2.22. The number of ether oxygens (including phenoxy) is 2. The summed E-state index contributed by atoms with van der Waals surface area (Å²) in [6.45, 7) is 4.25. The lowest BCUT2D eigenvalue weighted by Crippen LogP contribution is -2.61. The molecule has 0 radical (unpaired) electrons. The number of piperidine rings is 1. The third-order valence-electron chi connectivity index (χ3n) is 5.82. The minimum absolute atomic E-state index is 0.181. The molecular formula is C24H38N6O8S. The zero-order valence-corrected chi connectivity index (χ0v) is 23.1. The van der Waals surface area contributed by atoms with Crippen molar-refractivity contribution in [3.8, 4) is 0 Å². The van der Waals surface area contributed by atoms with Crippen molar-refractivity contribution in [1.82, 2.24) is 20.3 Å². The van der Waals surface area contributed by atoms with Crippen molar-refractivity contribution >= 4 is 34.0 Å². The highest BCUT2D eigenvalue weighted by molar-refractivity contribution is 7.89. The van der Waals surface area contributed by atoms with Crippen LogP contribution in [0.15, 0.2) is 30.3 Å². The molecule has 2 amide bonds. The van der Waals surface area contributed by atoms with E-state index in [1.54, 1.807) is 44.2 Å². The van der Waals surface area contributed by atoms with E-state index in [9.17, 15) is 27.9 Å². The van der Waals surface area contributed by atoms with E-state index >= 15 is 0 Å². The number of carbonyl (C=O) groups excluding carboxylic acids is 3. The number of rotatable bonds is 12. The molecule has 14 nitrogen and oxygen atoms in total. The molecule has 1 heterocycles. The molecule has 1 aromatic rings. The molecule has 0 spiro atoms. The zero-order chi connectivity index (χ0) is 29.2. The number of nitrogens with two attached hydrogens (primary N) is 1. The van der Waals surface area contributed by atoms with Crippen LogP contribution >= 0.6 is 0 Å². The number of hydrogen-bond donors (Lipinski definition) is 6. The maximum atomic E-state index is 13.0. The van der Waals surface area contributed by atoms with E-state index in [0.29, 0.717) is 19.4 Å².